The van der Waals surface area contributed by atoms with Gasteiger partial charge in [0.25, 0.3) is 0 Å². The Labute approximate surface area is 158 Å². The van der Waals surface area contributed by atoms with Crippen LogP contribution in [0.4, 0.5) is 0 Å². The number of nitrogens with zero attached hydrogens (tertiary/aromatic N) is 2. The number of aromatic amines is 1. The number of hydrogen-bond donors (Lipinski definition) is 2. The number of aromatic nitrogens is 3. The molecule has 0 aromatic carbocycles. The fraction of sp³-hybridized carbons (Fsp3) is 0.842. The van der Waals surface area contributed by atoms with Crippen LogP contribution < -0.4 is 11.0 Å². The van der Waals surface area contributed by atoms with Crippen molar-refractivity contribution < 1.29 is 4.79 Å². The van der Waals surface area contributed by atoms with Crippen LogP contribution in [0.15, 0.2) is 9.95 Å². The van der Waals surface area contributed by atoms with Crippen molar-refractivity contribution in [2.24, 2.45) is 23.2 Å². The molecule has 4 bridgehead atoms. The van der Waals surface area contributed by atoms with Gasteiger partial charge < -0.3 is 5.32 Å². The Bertz CT molecular complexity index is 675. The third kappa shape index (κ3) is 3.73. The van der Waals surface area contributed by atoms with Crippen molar-refractivity contribution in [3.63, 3.8) is 0 Å². The summed E-state index contributed by atoms with van der Waals surface area (Å²) in [6.45, 7) is 3.58. The second kappa shape index (κ2) is 7.41. The summed E-state index contributed by atoms with van der Waals surface area (Å²) in [6, 6.07) is 0. The van der Waals surface area contributed by atoms with Crippen molar-refractivity contribution in [1.29, 1.82) is 0 Å². The van der Waals surface area contributed by atoms with E-state index in [1.165, 1.54) is 50.3 Å². The highest BCUT2D eigenvalue weighted by Gasteiger charge is 2.50. The van der Waals surface area contributed by atoms with E-state index in [0.29, 0.717) is 22.9 Å². The van der Waals surface area contributed by atoms with Gasteiger partial charge in [0, 0.05) is 13.1 Å². The number of H-pyrrole nitrogens is 1. The van der Waals surface area contributed by atoms with Crippen molar-refractivity contribution in [2.45, 2.75) is 70.0 Å². The Morgan fingerprint density at radius 3 is 2.54 bits per heavy atom. The van der Waals surface area contributed by atoms with E-state index in [-0.39, 0.29) is 11.6 Å². The first-order valence-electron chi connectivity index (χ1n) is 10.1. The van der Waals surface area contributed by atoms with E-state index in [9.17, 15) is 9.59 Å². The summed E-state index contributed by atoms with van der Waals surface area (Å²) in [5, 5.41) is 10.4. The first kappa shape index (κ1) is 18.1. The maximum atomic E-state index is 12.4. The van der Waals surface area contributed by atoms with E-state index < -0.39 is 0 Å². The maximum Gasteiger partial charge on any atom is 0.343 e. The number of hydrogen-bond acceptors (Lipinski definition) is 4. The molecule has 1 aromatic rings. The van der Waals surface area contributed by atoms with Gasteiger partial charge in [-0.15, -0.1) is 5.10 Å². The Morgan fingerprint density at radius 2 is 1.92 bits per heavy atom. The lowest BCUT2D eigenvalue weighted by Crippen LogP contribution is -2.51. The molecule has 4 fully saturated rings. The molecule has 0 aliphatic heterocycles. The molecule has 4 aliphatic rings. The first-order chi connectivity index (χ1) is 12.6. The van der Waals surface area contributed by atoms with E-state index >= 15 is 0 Å². The lowest BCUT2D eigenvalue weighted by molar-refractivity contribution is -0.120. The zero-order valence-electron chi connectivity index (χ0n) is 15.6. The Kier molecular flexibility index (Phi) is 5.17. The highest BCUT2D eigenvalue weighted by Crippen LogP contribution is 2.59. The van der Waals surface area contributed by atoms with Crippen LogP contribution in [0, 0.1) is 23.2 Å². The molecular weight excluding hydrogens is 348 g/mol. The number of thioether (sulfide) groups is 1. The van der Waals surface area contributed by atoms with Gasteiger partial charge in [-0.05, 0) is 68.1 Å². The van der Waals surface area contributed by atoms with Gasteiger partial charge in [0.1, 0.15) is 0 Å². The van der Waals surface area contributed by atoms with Gasteiger partial charge >= 0.3 is 5.69 Å². The van der Waals surface area contributed by atoms with Crippen LogP contribution in [0.25, 0.3) is 0 Å². The molecule has 26 heavy (non-hydrogen) atoms. The molecule has 4 saturated carbocycles. The molecule has 0 saturated heterocycles. The summed E-state index contributed by atoms with van der Waals surface area (Å²) in [4.78, 5) is 24.2. The molecular formula is C19H30N4O2S. The first-order valence-corrected chi connectivity index (χ1v) is 11.1. The Balaban J connectivity index is 1.28. The molecule has 1 aromatic heterocycles. The summed E-state index contributed by atoms with van der Waals surface area (Å²) >= 11 is 1.35. The molecule has 1 amide bonds. The molecule has 6 nitrogen and oxygen atoms in total. The summed E-state index contributed by atoms with van der Waals surface area (Å²) in [5.41, 5.74) is 0.180. The van der Waals surface area contributed by atoms with E-state index in [1.807, 2.05) is 0 Å². The molecule has 144 valence electrons. The van der Waals surface area contributed by atoms with Gasteiger partial charge in [-0.1, -0.05) is 25.1 Å². The van der Waals surface area contributed by atoms with Gasteiger partial charge in [0.15, 0.2) is 5.16 Å². The smallest absolute Gasteiger partial charge is 0.343 e. The summed E-state index contributed by atoms with van der Waals surface area (Å²) < 4.78 is 1.64. The molecule has 2 N–H and O–H groups in total. The maximum absolute atomic E-state index is 12.4. The third-order valence-corrected chi connectivity index (χ3v) is 7.59. The molecule has 0 radical (unpaired) electrons. The number of carbonyl (C=O) groups is 1. The average Bonchev–Trinajstić information content (AvgIpc) is 2.95. The number of unbranched alkanes of at least 4 members (excludes halogenated alkanes) is 1. The largest absolute Gasteiger partial charge is 0.355 e. The van der Waals surface area contributed by atoms with Crippen LogP contribution in [-0.2, 0) is 11.3 Å². The van der Waals surface area contributed by atoms with Crippen molar-refractivity contribution in [3.05, 3.63) is 10.5 Å². The minimum absolute atomic E-state index is 0.0586. The van der Waals surface area contributed by atoms with Crippen molar-refractivity contribution in [2.75, 3.05) is 12.3 Å². The molecule has 0 unspecified atom stereocenters. The van der Waals surface area contributed by atoms with Gasteiger partial charge in [-0.2, -0.15) is 0 Å². The lowest BCUT2D eigenvalue weighted by Gasteiger charge is -2.56. The molecule has 7 heteroatoms. The van der Waals surface area contributed by atoms with Crippen LogP contribution in [0.5, 0.6) is 0 Å². The predicted octanol–water partition coefficient (Wildman–Crippen LogP) is 2.80. The number of nitrogens with one attached hydrogen (secondary N) is 2. The van der Waals surface area contributed by atoms with Gasteiger partial charge in [-0.3, -0.25) is 9.36 Å². The summed E-state index contributed by atoms with van der Waals surface area (Å²) in [7, 11) is 0. The van der Waals surface area contributed by atoms with Crippen LogP contribution >= 0.6 is 11.8 Å². The minimum atomic E-state index is -0.185. The lowest BCUT2D eigenvalue weighted by atomic mass is 9.49. The molecule has 0 atom stereocenters. The molecule has 1 heterocycles. The molecule has 5 rings (SSSR count). The average molecular weight is 379 g/mol. The van der Waals surface area contributed by atoms with Crippen molar-refractivity contribution >= 4 is 17.7 Å². The summed E-state index contributed by atoms with van der Waals surface area (Å²) in [5.74, 6) is 3.10. The summed E-state index contributed by atoms with van der Waals surface area (Å²) in [6.07, 6.45) is 10.2. The fourth-order valence-electron chi connectivity index (χ4n) is 5.90. The van der Waals surface area contributed by atoms with E-state index in [1.54, 1.807) is 4.57 Å². The van der Waals surface area contributed by atoms with E-state index in [4.69, 9.17) is 0 Å². The second-order valence-electron chi connectivity index (χ2n) is 8.80. The van der Waals surface area contributed by atoms with E-state index in [2.05, 4.69) is 22.4 Å². The monoisotopic (exact) mass is 378 g/mol. The second-order valence-corrected chi connectivity index (χ2v) is 9.74. The minimum Gasteiger partial charge on any atom is -0.355 e. The third-order valence-electron chi connectivity index (χ3n) is 6.62. The van der Waals surface area contributed by atoms with Gasteiger partial charge in [0.2, 0.25) is 5.91 Å². The molecule has 0 spiro atoms. The zero-order chi connectivity index (χ0) is 18.1. The normalized spacial score (nSPS) is 32.1. The highest BCUT2D eigenvalue weighted by atomic mass is 32.2. The van der Waals surface area contributed by atoms with Gasteiger partial charge in [0.05, 0.1) is 5.75 Å². The Hall–Kier alpha value is -1.24. The number of rotatable bonds is 8. The zero-order valence-corrected chi connectivity index (χ0v) is 16.4. The quantitative estimate of drug-likeness (QED) is 0.682. The standard InChI is InChI=1S/C19H30N4O2S/c1-2-3-4-23-17(25)21-22-18(23)26-11-16(24)20-12-19-8-13-5-14(9-19)7-15(6-13)10-19/h13-15H,2-12H2,1H3,(H,20,24)(H,21,25). The number of amides is 1. The SMILES string of the molecule is CCCCn1c(SCC(=O)NCC23CC4CC(CC(C4)C2)C3)n[nH]c1=O. The highest BCUT2D eigenvalue weighted by molar-refractivity contribution is 7.99. The fourth-order valence-corrected chi connectivity index (χ4v) is 6.70. The van der Waals surface area contributed by atoms with E-state index in [0.717, 1.165) is 37.1 Å². The van der Waals surface area contributed by atoms with Crippen LogP contribution in [-0.4, -0.2) is 33.0 Å². The van der Waals surface area contributed by atoms with Crippen LogP contribution in [0.1, 0.15) is 58.3 Å². The number of carbonyl (C=O) groups excluding carboxylic acids is 1. The van der Waals surface area contributed by atoms with Crippen LogP contribution in [0.3, 0.4) is 0 Å². The van der Waals surface area contributed by atoms with Crippen molar-refractivity contribution in [1.82, 2.24) is 20.1 Å². The Morgan fingerprint density at radius 1 is 1.27 bits per heavy atom. The predicted molar refractivity (Wildman–Crippen MR) is 102 cm³/mol. The van der Waals surface area contributed by atoms with Crippen LogP contribution in [0.2, 0.25) is 0 Å². The molecule has 4 aliphatic carbocycles. The van der Waals surface area contributed by atoms with Crippen molar-refractivity contribution in [3.8, 4) is 0 Å². The van der Waals surface area contributed by atoms with Gasteiger partial charge in [-0.25, -0.2) is 9.89 Å². The topological polar surface area (TPSA) is 79.8 Å².